The third-order valence-corrected chi connectivity index (χ3v) is 1.31. The van der Waals surface area contributed by atoms with Gasteiger partial charge in [0.25, 0.3) is 0 Å². The average molecular weight is 138 g/mol. The van der Waals surface area contributed by atoms with Gasteiger partial charge in [0.2, 0.25) is 0 Å². The molecule has 0 amide bonds. The Morgan fingerprint density at radius 2 is 2.60 bits per heavy atom. The minimum absolute atomic E-state index is 0.172. The molecule has 54 valence electrons. The molecule has 0 aromatic rings. The van der Waals surface area contributed by atoms with E-state index in [2.05, 4.69) is 15.7 Å². The van der Waals surface area contributed by atoms with Gasteiger partial charge in [0.1, 0.15) is 5.70 Å². The molecule has 3 N–H and O–H groups in total. The van der Waals surface area contributed by atoms with Crippen LogP contribution < -0.4 is 10.6 Å². The summed E-state index contributed by atoms with van der Waals surface area (Å²) in [4.78, 5) is 0. The molecule has 0 saturated carbocycles. The Morgan fingerprint density at radius 1 is 1.80 bits per heavy atom. The van der Waals surface area contributed by atoms with Gasteiger partial charge in [-0.2, -0.15) is 5.11 Å². The van der Waals surface area contributed by atoms with E-state index >= 15 is 0 Å². The monoisotopic (exact) mass is 138 g/mol. The van der Waals surface area contributed by atoms with Gasteiger partial charge in [-0.15, -0.1) is 0 Å². The molecule has 0 saturated heterocycles. The Balaban J connectivity index is 2.54. The van der Waals surface area contributed by atoms with Gasteiger partial charge in [-0.1, -0.05) is 0 Å². The van der Waals surface area contributed by atoms with E-state index in [4.69, 9.17) is 5.53 Å². The second kappa shape index (κ2) is 3.12. The van der Waals surface area contributed by atoms with Gasteiger partial charge in [0, 0.05) is 6.20 Å². The number of rotatable bonds is 2. The zero-order valence-corrected chi connectivity index (χ0v) is 5.76. The van der Waals surface area contributed by atoms with Gasteiger partial charge in [0.05, 0.1) is 6.17 Å². The first-order valence-electron chi connectivity index (χ1n) is 3.06. The highest BCUT2D eigenvalue weighted by Gasteiger charge is 2.02. The Labute approximate surface area is 59.5 Å². The maximum Gasteiger partial charge on any atom is 0.100 e. The summed E-state index contributed by atoms with van der Waals surface area (Å²) in [5.74, 6) is 0. The van der Waals surface area contributed by atoms with Gasteiger partial charge in [-0.05, 0) is 19.2 Å². The molecule has 0 bridgehead atoms. The van der Waals surface area contributed by atoms with Crippen molar-refractivity contribution in [3.05, 3.63) is 24.0 Å². The van der Waals surface area contributed by atoms with E-state index < -0.39 is 0 Å². The third kappa shape index (κ3) is 1.41. The minimum Gasteiger partial charge on any atom is -0.371 e. The van der Waals surface area contributed by atoms with E-state index in [0.29, 0.717) is 5.70 Å². The lowest BCUT2D eigenvalue weighted by molar-refractivity contribution is 0.601. The normalized spacial score (nSPS) is 23.3. The van der Waals surface area contributed by atoms with E-state index in [9.17, 15) is 0 Å². The molecule has 1 heterocycles. The molecule has 4 nitrogen and oxygen atoms in total. The number of hydrogen-bond donors (Lipinski definition) is 3. The van der Waals surface area contributed by atoms with Crippen LogP contribution in [0.2, 0.25) is 0 Å². The Morgan fingerprint density at radius 3 is 3.00 bits per heavy atom. The molecule has 0 aromatic heterocycles. The van der Waals surface area contributed by atoms with Crippen LogP contribution in [0, 0.1) is 5.53 Å². The lowest BCUT2D eigenvalue weighted by Gasteiger charge is -2.15. The largest absolute Gasteiger partial charge is 0.371 e. The van der Waals surface area contributed by atoms with Crippen LogP contribution in [0.1, 0.15) is 0 Å². The fraction of sp³-hybridized carbons (Fsp3) is 0.333. The molecule has 1 unspecified atom stereocenters. The summed E-state index contributed by atoms with van der Waals surface area (Å²) >= 11 is 0. The molecule has 0 radical (unpaired) electrons. The van der Waals surface area contributed by atoms with Crippen molar-refractivity contribution in [3.63, 3.8) is 0 Å². The van der Waals surface area contributed by atoms with Gasteiger partial charge >= 0.3 is 0 Å². The molecule has 1 atom stereocenters. The number of likely N-dealkylation sites (N-methyl/N-ethyl adjacent to an activating group) is 1. The summed E-state index contributed by atoms with van der Waals surface area (Å²) in [6.45, 7) is 0. The van der Waals surface area contributed by atoms with Crippen LogP contribution in [0.25, 0.3) is 0 Å². The SMILES string of the molecule is CNC1C=CC(N=N)=CN1. The smallest absolute Gasteiger partial charge is 0.100 e. The van der Waals surface area contributed by atoms with Crippen LogP contribution in [-0.4, -0.2) is 13.2 Å². The number of dihydropyridines is 1. The zero-order chi connectivity index (χ0) is 7.40. The highest BCUT2D eigenvalue weighted by atomic mass is 15.1. The molecular formula is C6H10N4. The second-order valence-electron chi connectivity index (χ2n) is 1.97. The number of hydrogen-bond acceptors (Lipinski definition) is 4. The van der Waals surface area contributed by atoms with Crippen LogP contribution in [0.4, 0.5) is 0 Å². The van der Waals surface area contributed by atoms with Crippen molar-refractivity contribution in [2.45, 2.75) is 6.17 Å². The molecule has 0 aromatic carbocycles. The minimum atomic E-state index is 0.172. The molecule has 0 aliphatic carbocycles. The second-order valence-corrected chi connectivity index (χ2v) is 1.97. The molecule has 0 fully saturated rings. The van der Waals surface area contributed by atoms with Crippen molar-refractivity contribution < 1.29 is 0 Å². The van der Waals surface area contributed by atoms with Crippen LogP contribution in [0.5, 0.6) is 0 Å². The molecule has 4 heteroatoms. The zero-order valence-electron chi connectivity index (χ0n) is 5.76. The molecular weight excluding hydrogens is 128 g/mol. The van der Waals surface area contributed by atoms with Gasteiger partial charge in [0.15, 0.2) is 0 Å². The molecule has 1 aliphatic rings. The predicted molar refractivity (Wildman–Crippen MR) is 38.4 cm³/mol. The molecule has 0 spiro atoms. The molecule has 1 aliphatic heterocycles. The summed E-state index contributed by atoms with van der Waals surface area (Å²) < 4.78 is 0. The number of nitrogens with one attached hydrogen (secondary N) is 3. The van der Waals surface area contributed by atoms with E-state index in [0.717, 1.165) is 0 Å². The third-order valence-electron chi connectivity index (χ3n) is 1.31. The van der Waals surface area contributed by atoms with Crippen LogP contribution in [0.15, 0.2) is 29.2 Å². The van der Waals surface area contributed by atoms with Crippen molar-refractivity contribution in [2.24, 2.45) is 5.11 Å². The van der Waals surface area contributed by atoms with E-state index in [-0.39, 0.29) is 6.17 Å². The Bertz CT molecular complexity index is 182. The van der Waals surface area contributed by atoms with Crippen molar-refractivity contribution in [2.75, 3.05) is 7.05 Å². The standard InChI is InChI=1S/C6H10N4/c1-8-6-3-2-5(10-7)4-9-6/h2-4,6-9H,1H3. The lowest BCUT2D eigenvalue weighted by Crippen LogP contribution is -2.36. The summed E-state index contributed by atoms with van der Waals surface area (Å²) in [6.07, 6.45) is 5.58. The van der Waals surface area contributed by atoms with Gasteiger partial charge < -0.3 is 5.32 Å². The van der Waals surface area contributed by atoms with Gasteiger partial charge in [-0.25, -0.2) is 5.53 Å². The van der Waals surface area contributed by atoms with E-state index in [1.54, 1.807) is 12.3 Å². The van der Waals surface area contributed by atoms with Crippen molar-refractivity contribution in [3.8, 4) is 0 Å². The van der Waals surface area contributed by atoms with Crippen molar-refractivity contribution in [1.29, 1.82) is 5.53 Å². The summed E-state index contributed by atoms with van der Waals surface area (Å²) in [7, 11) is 1.86. The summed E-state index contributed by atoms with van der Waals surface area (Å²) in [5.41, 5.74) is 7.31. The van der Waals surface area contributed by atoms with Crippen LogP contribution in [-0.2, 0) is 0 Å². The van der Waals surface area contributed by atoms with Gasteiger partial charge in [-0.3, -0.25) is 5.32 Å². The number of allylic oxidation sites excluding steroid dienone is 1. The quantitative estimate of drug-likeness (QED) is 0.488. The van der Waals surface area contributed by atoms with Crippen LogP contribution in [0.3, 0.4) is 0 Å². The lowest BCUT2D eigenvalue weighted by atomic mass is 10.3. The van der Waals surface area contributed by atoms with Crippen LogP contribution >= 0.6 is 0 Å². The Kier molecular flexibility index (Phi) is 2.17. The van der Waals surface area contributed by atoms with E-state index in [1.807, 2.05) is 13.1 Å². The predicted octanol–water partition coefficient (Wildman–Crippen LogP) is 0.564. The summed E-state index contributed by atoms with van der Waals surface area (Å²) in [6, 6.07) is 0. The fourth-order valence-electron chi connectivity index (χ4n) is 0.723. The average Bonchev–Trinajstić information content (AvgIpc) is 2.05. The first kappa shape index (κ1) is 6.95. The molecule has 10 heavy (non-hydrogen) atoms. The highest BCUT2D eigenvalue weighted by Crippen LogP contribution is 2.02. The van der Waals surface area contributed by atoms with E-state index in [1.165, 1.54) is 0 Å². The Hall–Kier alpha value is -1.16. The topological polar surface area (TPSA) is 60.3 Å². The maximum atomic E-state index is 6.67. The van der Waals surface area contributed by atoms with Crippen molar-refractivity contribution in [1.82, 2.24) is 10.6 Å². The number of nitrogens with zero attached hydrogens (tertiary/aromatic N) is 1. The summed E-state index contributed by atoms with van der Waals surface area (Å²) in [5, 5.41) is 9.25. The highest BCUT2D eigenvalue weighted by molar-refractivity contribution is 5.21. The maximum absolute atomic E-state index is 6.67. The first-order chi connectivity index (χ1) is 4.86. The molecule has 1 rings (SSSR count). The van der Waals surface area contributed by atoms with Crippen molar-refractivity contribution >= 4 is 0 Å². The fourth-order valence-corrected chi connectivity index (χ4v) is 0.723. The first-order valence-corrected chi connectivity index (χ1v) is 3.06.